The van der Waals surface area contributed by atoms with E-state index in [-0.39, 0.29) is 12.5 Å². The van der Waals surface area contributed by atoms with E-state index in [1.54, 1.807) is 6.21 Å². The highest BCUT2D eigenvalue weighted by Crippen LogP contribution is 2.15. The van der Waals surface area contributed by atoms with E-state index in [9.17, 15) is 4.79 Å². The first-order valence-electron chi connectivity index (χ1n) is 7.30. The Bertz CT molecular complexity index is 651. The van der Waals surface area contributed by atoms with E-state index in [0.29, 0.717) is 6.42 Å². The summed E-state index contributed by atoms with van der Waals surface area (Å²) in [5.41, 5.74) is 6.98. The van der Waals surface area contributed by atoms with E-state index in [1.807, 2.05) is 56.3 Å². The van der Waals surface area contributed by atoms with Crippen molar-refractivity contribution in [1.29, 1.82) is 0 Å². The second-order valence-corrected chi connectivity index (χ2v) is 5.21. The predicted octanol–water partition coefficient (Wildman–Crippen LogP) is 3.06. The molecule has 1 amide bonds. The highest BCUT2D eigenvalue weighted by Gasteiger charge is 2.01. The monoisotopic (exact) mass is 295 g/mol. The molecule has 0 atom stereocenters. The Hall–Kier alpha value is -2.62. The fourth-order valence-corrected chi connectivity index (χ4v) is 2.11. The summed E-state index contributed by atoms with van der Waals surface area (Å²) in [5.74, 6) is -0.163. The van der Waals surface area contributed by atoms with Crippen molar-refractivity contribution in [3.63, 3.8) is 0 Å². The van der Waals surface area contributed by atoms with Crippen LogP contribution in [0.2, 0.25) is 0 Å². The molecule has 0 radical (unpaired) electrons. The molecule has 0 fully saturated rings. The van der Waals surface area contributed by atoms with Gasteiger partial charge in [0, 0.05) is 18.3 Å². The summed E-state index contributed by atoms with van der Waals surface area (Å²) in [7, 11) is 0. The Kier molecular flexibility index (Phi) is 5.72. The van der Waals surface area contributed by atoms with Gasteiger partial charge in [0.1, 0.15) is 0 Å². The number of hydrogen-bond donors (Lipinski definition) is 2. The Morgan fingerprint density at radius 2 is 1.91 bits per heavy atom. The second-order valence-electron chi connectivity index (χ2n) is 5.21. The third-order valence-corrected chi connectivity index (χ3v) is 3.27. The fraction of sp³-hybridized carbons (Fsp3) is 0.222. The normalized spacial score (nSPS) is 10.6. The Labute approximate surface area is 131 Å². The molecule has 2 N–H and O–H groups in total. The summed E-state index contributed by atoms with van der Waals surface area (Å²) in [5, 5.41) is 7.06. The van der Waals surface area contributed by atoms with Gasteiger partial charge in [0.15, 0.2) is 0 Å². The summed E-state index contributed by atoms with van der Waals surface area (Å²) in [6, 6.07) is 16.1. The molecule has 0 aliphatic carbocycles. The molecule has 0 spiro atoms. The molecule has 0 saturated heterocycles. The lowest BCUT2D eigenvalue weighted by Crippen LogP contribution is -2.26. The molecule has 0 saturated carbocycles. The minimum atomic E-state index is -0.163. The molecule has 2 aromatic rings. The minimum Gasteiger partial charge on any atom is -0.376 e. The van der Waals surface area contributed by atoms with Crippen LogP contribution in [-0.2, 0) is 11.2 Å². The zero-order chi connectivity index (χ0) is 15.8. The average Bonchev–Trinajstić information content (AvgIpc) is 2.52. The van der Waals surface area contributed by atoms with Crippen molar-refractivity contribution in [3.8, 4) is 0 Å². The lowest BCUT2D eigenvalue weighted by molar-refractivity contribution is -0.119. The number of anilines is 1. The van der Waals surface area contributed by atoms with Gasteiger partial charge in [0.05, 0.1) is 6.54 Å². The van der Waals surface area contributed by atoms with Crippen LogP contribution in [0, 0.1) is 13.8 Å². The van der Waals surface area contributed by atoms with Gasteiger partial charge in [0.2, 0.25) is 0 Å². The molecule has 0 aromatic heterocycles. The average molecular weight is 295 g/mol. The quantitative estimate of drug-likeness (QED) is 0.635. The fourth-order valence-electron chi connectivity index (χ4n) is 2.11. The van der Waals surface area contributed by atoms with Crippen LogP contribution in [-0.4, -0.2) is 18.7 Å². The maximum absolute atomic E-state index is 11.7. The zero-order valence-corrected chi connectivity index (χ0v) is 13.0. The van der Waals surface area contributed by atoms with Crippen LogP contribution in [0.1, 0.15) is 16.7 Å². The van der Waals surface area contributed by atoms with Gasteiger partial charge in [-0.3, -0.25) is 4.79 Å². The SMILES string of the molecule is Cc1ccc(NCC(=O)NN=CCc2ccccc2)c(C)c1. The largest absolute Gasteiger partial charge is 0.376 e. The van der Waals surface area contributed by atoms with Gasteiger partial charge in [-0.15, -0.1) is 0 Å². The van der Waals surface area contributed by atoms with E-state index < -0.39 is 0 Å². The molecule has 0 aliphatic heterocycles. The lowest BCUT2D eigenvalue weighted by Gasteiger charge is -2.09. The Balaban J connectivity index is 1.74. The third kappa shape index (κ3) is 5.05. The lowest BCUT2D eigenvalue weighted by atomic mass is 10.1. The standard InChI is InChI=1S/C18H21N3O/c1-14-8-9-17(15(2)12-14)19-13-18(22)21-20-11-10-16-6-4-3-5-7-16/h3-9,11-12,19H,10,13H2,1-2H3,(H,21,22). The summed E-state index contributed by atoms with van der Waals surface area (Å²) >= 11 is 0. The molecule has 0 aliphatic rings. The number of benzene rings is 2. The van der Waals surface area contributed by atoms with Crippen molar-refractivity contribution in [2.45, 2.75) is 20.3 Å². The maximum atomic E-state index is 11.7. The summed E-state index contributed by atoms with van der Waals surface area (Å²) < 4.78 is 0. The smallest absolute Gasteiger partial charge is 0.259 e. The van der Waals surface area contributed by atoms with Gasteiger partial charge in [-0.2, -0.15) is 5.10 Å². The molecule has 4 heteroatoms. The number of amides is 1. The Morgan fingerprint density at radius 1 is 1.14 bits per heavy atom. The number of rotatable bonds is 6. The van der Waals surface area contributed by atoms with Gasteiger partial charge in [-0.25, -0.2) is 5.43 Å². The molecule has 114 valence electrons. The number of carbonyl (C=O) groups excluding carboxylic acids is 1. The second kappa shape index (κ2) is 7.98. The van der Waals surface area contributed by atoms with E-state index in [4.69, 9.17) is 0 Å². The van der Waals surface area contributed by atoms with Crippen molar-refractivity contribution < 1.29 is 4.79 Å². The molecule has 2 aromatic carbocycles. The van der Waals surface area contributed by atoms with Crippen molar-refractivity contribution in [1.82, 2.24) is 5.43 Å². The van der Waals surface area contributed by atoms with Crippen LogP contribution in [0.25, 0.3) is 0 Å². The summed E-state index contributed by atoms with van der Waals surface area (Å²) in [4.78, 5) is 11.7. The van der Waals surface area contributed by atoms with E-state index in [2.05, 4.69) is 21.9 Å². The first-order chi connectivity index (χ1) is 10.6. The van der Waals surface area contributed by atoms with Crippen LogP contribution in [0.3, 0.4) is 0 Å². The molecule has 0 unspecified atom stereocenters. The topological polar surface area (TPSA) is 53.5 Å². The van der Waals surface area contributed by atoms with Crippen LogP contribution in [0.4, 0.5) is 5.69 Å². The van der Waals surface area contributed by atoms with Crippen LogP contribution in [0.5, 0.6) is 0 Å². The van der Waals surface area contributed by atoms with Gasteiger partial charge in [-0.05, 0) is 31.0 Å². The molecule has 22 heavy (non-hydrogen) atoms. The van der Waals surface area contributed by atoms with Crippen molar-refractivity contribution in [2.75, 3.05) is 11.9 Å². The maximum Gasteiger partial charge on any atom is 0.259 e. The number of carbonyl (C=O) groups is 1. The van der Waals surface area contributed by atoms with Crippen molar-refractivity contribution in [3.05, 3.63) is 65.2 Å². The van der Waals surface area contributed by atoms with Gasteiger partial charge in [0.25, 0.3) is 5.91 Å². The molecule has 0 heterocycles. The molecule has 0 bridgehead atoms. The number of hydrazone groups is 1. The number of aryl methyl sites for hydroxylation is 2. The van der Waals surface area contributed by atoms with E-state index in [0.717, 1.165) is 16.8 Å². The first-order valence-corrected chi connectivity index (χ1v) is 7.30. The minimum absolute atomic E-state index is 0.163. The molecular formula is C18H21N3O. The molecule has 4 nitrogen and oxygen atoms in total. The van der Waals surface area contributed by atoms with Crippen molar-refractivity contribution >= 4 is 17.8 Å². The van der Waals surface area contributed by atoms with Crippen LogP contribution in [0.15, 0.2) is 53.6 Å². The predicted molar refractivity (Wildman–Crippen MR) is 91.2 cm³/mol. The zero-order valence-electron chi connectivity index (χ0n) is 13.0. The van der Waals surface area contributed by atoms with Gasteiger partial charge >= 0.3 is 0 Å². The molecular weight excluding hydrogens is 274 g/mol. The highest BCUT2D eigenvalue weighted by atomic mass is 16.2. The van der Waals surface area contributed by atoms with Crippen LogP contribution < -0.4 is 10.7 Å². The third-order valence-electron chi connectivity index (χ3n) is 3.27. The summed E-state index contributed by atoms with van der Waals surface area (Å²) in [6.45, 7) is 4.27. The number of hydrogen-bond acceptors (Lipinski definition) is 3. The van der Waals surface area contributed by atoms with Gasteiger partial charge in [-0.1, -0.05) is 48.0 Å². The first kappa shape index (κ1) is 15.8. The number of nitrogens with one attached hydrogen (secondary N) is 2. The molecule has 2 rings (SSSR count). The Morgan fingerprint density at radius 3 is 2.64 bits per heavy atom. The summed E-state index contributed by atoms with van der Waals surface area (Å²) in [6.07, 6.45) is 2.40. The van der Waals surface area contributed by atoms with E-state index in [1.165, 1.54) is 5.56 Å². The van der Waals surface area contributed by atoms with E-state index >= 15 is 0 Å². The highest BCUT2D eigenvalue weighted by molar-refractivity contribution is 5.81. The van der Waals surface area contributed by atoms with Crippen molar-refractivity contribution in [2.24, 2.45) is 5.10 Å². The van der Waals surface area contributed by atoms with Crippen LogP contribution >= 0.6 is 0 Å². The number of nitrogens with zero attached hydrogens (tertiary/aromatic N) is 1. The van der Waals surface area contributed by atoms with Gasteiger partial charge < -0.3 is 5.32 Å².